The minimum atomic E-state index is 1.02. The number of benzene rings is 2. The molecule has 20 heavy (non-hydrogen) atoms. The second kappa shape index (κ2) is 5.49. The molecule has 1 heterocycles. The van der Waals surface area contributed by atoms with E-state index in [1.165, 1.54) is 22.2 Å². The number of rotatable bonds is 4. The highest BCUT2D eigenvalue weighted by molar-refractivity contribution is 5.77. The maximum Gasteiger partial charge on any atom is 0.0958 e. The molecule has 2 nitrogen and oxygen atoms in total. The highest BCUT2D eigenvalue weighted by Gasteiger charge is 2.04. The molecule has 0 bridgehead atoms. The SMILES string of the molecule is Cc1cc2ncn(CCCc3ccccc3)c2cc1C. The molecule has 0 aliphatic carbocycles. The van der Waals surface area contributed by atoms with Gasteiger partial charge in [-0.3, -0.25) is 0 Å². The van der Waals surface area contributed by atoms with Gasteiger partial charge in [0.05, 0.1) is 17.4 Å². The standard InChI is InChI=1S/C18H20N2/c1-14-11-17-18(12-15(14)2)20(13-19-17)10-6-9-16-7-4-3-5-8-16/h3-5,7-8,11-13H,6,9-10H2,1-2H3. The number of fused-ring (bicyclic) bond motifs is 1. The van der Waals surface area contributed by atoms with Gasteiger partial charge in [-0.15, -0.1) is 0 Å². The molecule has 0 radical (unpaired) electrons. The lowest BCUT2D eigenvalue weighted by Gasteiger charge is -2.06. The third-order valence-electron chi connectivity index (χ3n) is 3.94. The third kappa shape index (κ3) is 2.60. The van der Waals surface area contributed by atoms with E-state index in [1.807, 2.05) is 6.33 Å². The highest BCUT2D eigenvalue weighted by Crippen LogP contribution is 2.19. The van der Waals surface area contributed by atoms with Gasteiger partial charge in [-0.1, -0.05) is 30.3 Å². The number of aromatic nitrogens is 2. The number of nitrogens with zero attached hydrogens (tertiary/aromatic N) is 2. The summed E-state index contributed by atoms with van der Waals surface area (Å²) in [6.07, 6.45) is 4.22. The van der Waals surface area contributed by atoms with Gasteiger partial charge in [0, 0.05) is 6.54 Å². The summed E-state index contributed by atoms with van der Waals surface area (Å²) in [4.78, 5) is 4.51. The summed E-state index contributed by atoms with van der Waals surface area (Å²) >= 11 is 0. The lowest BCUT2D eigenvalue weighted by Crippen LogP contribution is -1.98. The smallest absolute Gasteiger partial charge is 0.0958 e. The Balaban J connectivity index is 1.73. The van der Waals surface area contributed by atoms with E-state index >= 15 is 0 Å². The van der Waals surface area contributed by atoms with Crippen LogP contribution < -0.4 is 0 Å². The molecule has 0 amide bonds. The van der Waals surface area contributed by atoms with Crippen LogP contribution in [-0.4, -0.2) is 9.55 Å². The number of aryl methyl sites for hydroxylation is 4. The molecule has 102 valence electrons. The van der Waals surface area contributed by atoms with E-state index in [4.69, 9.17) is 0 Å². The van der Waals surface area contributed by atoms with E-state index in [9.17, 15) is 0 Å². The molecule has 0 unspecified atom stereocenters. The molecule has 0 aliphatic rings. The predicted octanol–water partition coefficient (Wildman–Crippen LogP) is 4.29. The average Bonchev–Trinajstić information content (AvgIpc) is 2.83. The molecule has 3 rings (SSSR count). The molecule has 0 aliphatic heterocycles. The monoisotopic (exact) mass is 264 g/mol. The van der Waals surface area contributed by atoms with Crippen molar-refractivity contribution in [3.63, 3.8) is 0 Å². The van der Waals surface area contributed by atoms with Crippen LogP contribution in [0.25, 0.3) is 11.0 Å². The van der Waals surface area contributed by atoms with Crippen LogP contribution in [0.1, 0.15) is 23.1 Å². The van der Waals surface area contributed by atoms with Crippen LogP contribution in [-0.2, 0) is 13.0 Å². The summed E-state index contributed by atoms with van der Waals surface area (Å²) in [5.74, 6) is 0. The van der Waals surface area contributed by atoms with Gasteiger partial charge < -0.3 is 4.57 Å². The van der Waals surface area contributed by atoms with E-state index < -0.39 is 0 Å². The van der Waals surface area contributed by atoms with Gasteiger partial charge in [0.1, 0.15) is 0 Å². The van der Waals surface area contributed by atoms with E-state index in [-0.39, 0.29) is 0 Å². The fourth-order valence-electron chi connectivity index (χ4n) is 2.59. The average molecular weight is 264 g/mol. The van der Waals surface area contributed by atoms with Crippen molar-refractivity contribution < 1.29 is 0 Å². The van der Waals surface area contributed by atoms with Crippen molar-refractivity contribution >= 4 is 11.0 Å². The molecular weight excluding hydrogens is 244 g/mol. The Labute approximate surface area is 120 Å². The zero-order valence-electron chi connectivity index (χ0n) is 12.1. The first-order chi connectivity index (χ1) is 9.74. The van der Waals surface area contributed by atoms with Crippen LogP contribution in [0, 0.1) is 13.8 Å². The summed E-state index contributed by atoms with van der Waals surface area (Å²) in [7, 11) is 0. The minimum absolute atomic E-state index is 1.02. The van der Waals surface area contributed by atoms with Crippen molar-refractivity contribution in [3.05, 3.63) is 65.5 Å². The van der Waals surface area contributed by atoms with Gasteiger partial charge in [-0.25, -0.2) is 4.98 Å². The van der Waals surface area contributed by atoms with E-state index in [0.29, 0.717) is 0 Å². The number of imidazole rings is 1. The maximum atomic E-state index is 4.51. The van der Waals surface area contributed by atoms with E-state index in [1.54, 1.807) is 0 Å². The Morgan fingerprint density at radius 2 is 1.75 bits per heavy atom. The van der Waals surface area contributed by atoms with Crippen LogP contribution in [0.15, 0.2) is 48.8 Å². The first-order valence-electron chi connectivity index (χ1n) is 7.20. The molecule has 0 spiro atoms. The Kier molecular flexibility index (Phi) is 3.55. The highest BCUT2D eigenvalue weighted by atomic mass is 15.0. The van der Waals surface area contributed by atoms with Crippen LogP contribution in [0.2, 0.25) is 0 Å². The van der Waals surface area contributed by atoms with Crippen molar-refractivity contribution in [3.8, 4) is 0 Å². The lowest BCUT2D eigenvalue weighted by molar-refractivity contribution is 0.657. The van der Waals surface area contributed by atoms with Gasteiger partial charge >= 0.3 is 0 Å². The molecule has 1 aromatic heterocycles. The fourth-order valence-corrected chi connectivity index (χ4v) is 2.59. The fraction of sp³-hybridized carbons (Fsp3) is 0.278. The Hall–Kier alpha value is -2.09. The molecule has 0 atom stereocenters. The van der Waals surface area contributed by atoms with Crippen molar-refractivity contribution in [2.75, 3.05) is 0 Å². The topological polar surface area (TPSA) is 17.8 Å². The normalized spacial score (nSPS) is 11.1. The molecule has 0 saturated heterocycles. The minimum Gasteiger partial charge on any atom is -0.331 e. The molecule has 0 saturated carbocycles. The van der Waals surface area contributed by atoms with Crippen LogP contribution in [0.3, 0.4) is 0 Å². The summed E-state index contributed by atoms with van der Waals surface area (Å²) < 4.78 is 2.27. The first kappa shape index (κ1) is 12.9. The van der Waals surface area contributed by atoms with Crippen molar-refractivity contribution in [1.82, 2.24) is 9.55 Å². The first-order valence-corrected chi connectivity index (χ1v) is 7.20. The van der Waals surface area contributed by atoms with Crippen molar-refractivity contribution in [2.24, 2.45) is 0 Å². The molecule has 2 aromatic carbocycles. The second-order valence-electron chi connectivity index (χ2n) is 5.45. The van der Waals surface area contributed by atoms with Gasteiger partial charge in [0.25, 0.3) is 0 Å². The number of hydrogen-bond donors (Lipinski definition) is 0. The number of hydrogen-bond acceptors (Lipinski definition) is 1. The van der Waals surface area contributed by atoms with Gasteiger partial charge in [0.15, 0.2) is 0 Å². The lowest BCUT2D eigenvalue weighted by atomic mass is 10.1. The zero-order valence-corrected chi connectivity index (χ0v) is 12.1. The van der Waals surface area contributed by atoms with Crippen molar-refractivity contribution in [2.45, 2.75) is 33.2 Å². The van der Waals surface area contributed by atoms with E-state index in [0.717, 1.165) is 24.9 Å². The van der Waals surface area contributed by atoms with Crippen molar-refractivity contribution in [1.29, 1.82) is 0 Å². The summed E-state index contributed by atoms with van der Waals surface area (Å²) in [6.45, 7) is 5.33. The summed E-state index contributed by atoms with van der Waals surface area (Å²) in [6, 6.07) is 15.1. The molecule has 0 fully saturated rings. The summed E-state index contributed by atoms with van der Waals surface area (Å²) in [5, 5.41) is 0. The van der Waals surface area contributed by atoms with E-state index in [2.05, 4.69) is 65.9 Å². The Bertz CT molecular complexity index is 711. The Morgan fingerprint density at radius 1 is 1.00 bits per heavy atom. The quantitative estimate of drug-likeness (QED) is 0.687. The van der Waals surface area contributed by atoms with Gasteiger partial charge in [-0.05, 0) is 55.5 Å². The van der Waals surface area contributed by atoms with Gasteiger partial charge in [0.2, 0.25) is 0 Å². The van der Waals surface area contributed by atoms with Crippen LogP contribution in [0.4, 0.5) is 0 Å². The molecule has 0 N–H and O–H groups in total. The second-order valence-corrected chi connectivity index (χ2v) is 5.45. The largest absolute Gasteiger partial charge is 0.331 e. The third-order valence-corrected chi connectivity index (χ3v) is 3.94. The summed E-state index contributed by atoms with van der Waals surface area (Å²) in [5.41, 5.74) is 6.41. The zero-order chi connectivity index (χ0) is 13.9. The van der Waals surface area contributed by atoms with Crippen LogP contribution in [0.5, 0.6) is 0 Å². The molecular formula is C18H20N2. The van der Waals surface area contributed by atoms with Gasteiger partial charge in [-0.2, -0.15) is 0 Å². The molecule has 3 aromatic rings. The molecule has 2 heteroatoms. The maximum absolute atomic E-state index is 4.51. The van der Waals surface area contributed by atoms with Crippen LogP contribution >= 0.6 is 0 Å². The Morgan fingerprint density at radius 3 is 2.55 bits per heavy atom. The predicted molar refractivity (Wildman–Crippen MR) is 84.0 cm³/mol.